The molecule has 1 aliphatic rings. The van der Waals surface area contributed by atoms with Gasteiger partial charge in [-0.25, -0.2) is 9.66 Å². The Bertz CT molecular complexity index is 543. The maximum Gasteiger partial charge on any atom is 0.220 e. The molecule has 17 heavy (non-hydrogen) atoms. The first-order valence-corrected chi connectivity index (χ1v) is 5.83. The predicted octanol–water partition coefficient (Wildman–Crippen LogP) is 0.895. The highest BCUT2D eigenvalue weighted by atomic mass is 16.5. The summed E-state index contributed by atoms with van der Waals surface area (Å²) in [7, 11) is 0. The van der Waals surface area contributed by atoms with Crippen LogP contribution in [-0.4, -0.2) is 36.0 Å². The van der Waals surface area contributed by atoms with Crippen molar-refractivity contribution >= 4 is 17.0 Å². The molecule has 0 saturated carbocycles. The van der Waals surface area contributed by atoms with Gasteiger partial charge in [-0.2, -0.15) is 0 Å². The minimum atomic E-state index is 0.549. The van der Waals surface area contributed by atoms with Crippen molar-refractivity contribution in [1.82, 2.24) is 9.66 Å². The number of morpholine rings is 1. The van der Waals surface area contributed by atoms with Crippen molar-refractivity contribution < 1.29 is 4.74 Å². The molecule has 90 valence electrons. The number of anilines is 1. The second-order valence-electron chi connectivity index (χ2n) is 4.34. The minimum absolute atomic E-state index is 0.549. The van der Waals surface area contributed by atoms with Crippen LogP contribution < -0.4 is 10.7 Å². The lowest BCUT2D eigenvalue weighted by molar-refractivity contribution is 0.112. The minimum Gasteiger partial charge on any atom is -0.378 e. The highest BCUT2D eigenvalue weighted by Crippen LogP contribution is 2.20. The Balaban J connectivity index is 2.13. The summed E-state index contributed by atoms with van der Waals surface area (Å²) in [6.07, 6.45) is 0. The summed E-state index contributed by atoms with van der Waals surface area (Å²) in [5, 5.41) is 2.19. The van der Waals surface area contributed by atoms with Gasteiger partial charge in [-0.15, -0.1) is 0 Å². The second-order valence-corrected chi connectivity index (χ2v) is 4.34. The zero-order chi connectivity index (χ0) is 11.8. The molecular formula is C12H16N4O. The van der Waals surface area contributed by atoms with Gasteiger partial charge in [0.1, 0.15) is 0 Å². The fourth-order valence-electron chi connectivity index (χ4n) is 2.24. The van der Waals surface area contributed by atoms with Crippen molar-refractivity contribution in [2.24, 2.45) is 0 Å². The van der Waals surface area contributed by atoms with Crippen LogP contribution in [0, 0.1) is 6.92 Å². The number of hydrogen-bond donors (Lipinski definition) is 1. The van der Waals surface area contributed by atoms with E-state index in [1.807, 2.05) is 10.7 Å². The number of hydrogen-bond acceptors (Lipinski definition) is 4. The van der Waals surface area contributed by atoms with Gasteiger partial charge in [-0.3, -0.25) is 0 Å². The van der Waals surface area contributed by atoms with E-state index in [1.54, 1.807) is 0 Å². The van der Waals surface area contributed by atoms with Crippen LogP contribution in [0.15, 0.2) is 18.2 Å². The fourth-order valence-corrected chi connectivity index (χ4v) is 2.24. The van der Waals surface area contributed by atoms with Crippen LogP contribution in [0.3, 0.4) is 0 Å². The maximum absolute atomic E-state index is 6.00. The first kappa shape index (κ1) is 10.4. The molecule has 1 fully saturated rings. The van der Waals surface area contributed by atoms with Gasteiger partial charge < -0.3 is 15.5 Å². The van der Waals surface area contributed by atoms with Gasteiger partial charge in [0.15, 0.2) is 0 Å². The number of benzene rings is 1. The Labute approximate surface area is 99.8 Å². The molecule has 5 nitrogen and oxygen atoms in total. The Morgan fingerprint density at radius 2 is 2.06 bits per heavy atom. The lowest BCUT2D eigenvalue weighted by atomic mass is 10.2. The van der Waals surface area contributed by atoms with Crippen LogP contribution in [0.1, 0.15) is 5.56 Å². The molecule has 3 rings (SSSR count). The third-order valence-electron chi connectivity index (χ3n) is 3.08. The molecule has 0 amide bonds. The standard InChI is InChI=1S/C12H16N4O/c1-9-2-3-10-11(8-9)16(12(13)14-10)15-4-6-17-7-5-15/h2-3,8H,4-7H2,1H3,(H2,13,14). The molecule has 0 atom stereocenters. The first-order chi connectivity index (χ1) is 8.25. The number of nitrogens with two attached hydrogens (primary N) is 1. The molecular weight excluding hydrogens is 216 g/mol. The van der Waals surface area contributed by atoms with Gasteiger partial charge in [-0.1, -0.05) is 6.07 Å². The van der Waals surface area contributed by atoms with E-state index < -0.39 is 0 Å². The summed E-state index contributed by atoms with van der Waals surface area (Å²) in [5.74, 6) is 0.549. The molecule has 0 aliphatic carbocycles. The molecule has 1 aromatic carbocycles. The van der Waals surface area contributed by atoms with Gasteiger partial charge >= 0.3 is 0 Å². The highest BCUT2D eigenvalue weighted by molar-refractivity contribution is 5.79. The number of ether oxygens (including phenoxy) is 1. The van der Waals surface area contributed by atoms with E-state index in [4.69, 9.17) is 10.5 Å². The monoisotopic (exact) mass is 232 g/mol. The topological polar surface area (TPSA) is 56.3 Å². The number of nitrogens with zero attached hydrogens (tertiary/aromatic N) is 3. The van der Waals surface area contributed by atoms with Gasteiger partial charge in [0.05, 0.1) is 37.3 Å². The summed E-state index contributed by atoms with van der Waals surface area (Å²) < 4.78 is 7.36. The summed E-state index contributed by atoms with van der Waals surface area (Å²) in [4.78, 5) is 4.39. The molecule has 1 saturated heterocycles. The van der Waals surface area contributed by atoms with E-state index in [-0.39, 0.29) is 0 Å². The number of aryl methyl sites for hydroxylation is 1. The molecule has 2 aromatic rings. The summed E-state index contributed by atoms with van der Waals surface area (Å²) in [6.45, 7) is 5.26. The Kier molecular flexibility index (Phi) is 2.40. The van der Waals surface area contributed by atoms with Gasteiger partial charge in [0.25, 0.3) is 0 Å². The predicted molar refractivity (Wildman–Crippen MR) is 67.7 cm³/mol. The van der Waals surface area contributed by atoms with E-state index in [2.05, 4.69) is 29.0 Å². The molecule has 1 aromatic heterocycles. The van der Waals surface area contributed by atoms with E-state index >= 15 is 0 Å². The van der Waals surface area contributed by atoms with Crippen molar-refractivity contribution in [2.45, 2.75) is 6.92 Å². The SMILES string of the molecule is Cc1ccc2nc(N)n(N3CCOCC3)c2c1. The molecule has 2 N–H and O–H groups in total. The number of imidazole rings is 1. The third kappa shape index (κ3) is 1.72. The Hall–Kier alpha value is -1.75. The van der Waals surface area contributed by atoms with Crippen molar-refractivity contribution in [3.63, 3.8) is 0 Å². The van der Waals surface area contributed by atoms with E-state index in [1.165, 1.54) is 5.56 Å². The zero-order valence-electron chi connectivity index (χ0n) is 9.89. The Morgan fingerprint density at radius 1 is 1.29 bits per heavy atom. The molecule has 0 bridgehead atoms. The second kappa shape index (κ2) is 3.92. The van der Waals surface area contributed by atoms with E-state index in [9.17, 15) is 0 Å². The number of rotatable bonds is 1. The number of nitrogen functional groups attached to an aromatic ring is 1. The normalized spacial score (nSPS) is 16.6. The average molecular weight is 232 g/mol. The number of aromatic nitrogens is 2. The maximum atomic E-state index is 6.00. The molecule has 0 radical (unpaired) electrons. The molecule has 0 unspecified atom stereocenters. The van der Waals surface area contributed by atoms with E-state index in [0.717, 1.165) is 37.3 Å². The fraction of sp³-hybridized carbons (Fsp3) is 0.417. The van der Waals surface area contributed by atoms with Crippen LogP contribution >= 0.6 is 0 Å². The lowest BCUT2D eigenvalue weighted by Crippen LogP contribution is -2.44. The number of fused-ring (bicyclic) bond motifs is 1. The molecule has 1 aliphatic heterocycles. The van der Waals surface area contributed by atoms with Crippen LogP contribution in [0.2, 0.25) is 0 Å². The molecule has 2 heterocycles. The lowest BCUT2D eigenvalue weighted by Gasteiger charge is -2.30. The summed E-state index contributed by atoms with van der Waals surface area (Å²) >= 11 is 0. The molecule has 5 heteroatoms. The smallest absolute Gasteiger partial charge is 0.220 e. The highest BCUT2D eigenvalue weighted by Gasteiger charge is 2.16. The van der Waals surface area contributed by atoms with Gasteiger partial charge in [-0.05, 0) is 24.6 Å². The quantitative estimate of drug-likeness (QED) is 0.793. The van der Waals surface area contributed by atoms with Crippen molar-refractivity contribution in [2.75, 3.05) is 37.0 Å². The van der Waals surface area contributed by atoms with Crippen molar-refractivity contribution in [1.29, 1.82) is 0 Å². The van der Waals surface area contributed by atoms with Crippen LogP contribution in [0.5, 0.6) is 0 Å². The molecule has 0 spiro atoms. The van der Waals surface area contributed by atoms with Gasteiger partial charge in [0, 0.05) is 0 Å². The van der Waals surface area contributed by atoms with Crippen molar-refractivity contribution in [3.8, 4) is 0 Å². The average Bonchev–Trinajstić information content (AvgIpc) is 2.65. The largest absolute Gasteiger partial charge is 0.378 e. The third-order valence-corrected chi connectivity index (χ3v) is 3.08. The summed E-state index contributed by atoms with van der Waals surface area (Å²) in [5.41, 5.74) is 9.24. The van der Waals surface area contributed by atoms with Crippen LogP contribution in [0.4, 0.5) is 5.95 Å². The van der Waals surface area contributed by atoms with Crippen LogP contribution in [0.25, 0.3) is 11.0 Å². The van der Waals surface area contributed by atoms with Crippen LogP contribution in [-0.2, 0) is 4.74 Å². The van der Waals surface area contributed by atoms with E-state index in [0.29, 0.717) is 5.95 Å². The van der Waals surface area contributed by atoms with Gasteiger partial charge in [0.2, 0.25) is 5.95 Å². The van der Waals surface area contributed by atoms with Crippen molar-refractivity contribution in [3.05, 3.63) is 23.8 Å². The zero-order valence-corrected chi connectivity index (χ0v) is 9.89. The first-order valence-electron chi connectivity index (χ1n) is 5.83. The summed E-state index contributed by atoms with van der Waals surface area (Å²) in [6, 6.07) is 6.19. The Morgan fingerprint density at radius 3 is 2.82 bits per heavy atom.